The van der Waals surface area contributed by atoms with Gasteiger partial charge in [0, 0.05) is 5.69 Å². The monoisotopic (exact) mass is 601 g/mol. The average Bonchev–Trinajstić information content (AvgIpc) is 3.35. The molecule has 1 aliphatic heterocycles. The van der Waals surface area contributed by atoms with Crippen molar-refractivity contribution in [3.63, 3.8) is 0 Å². The highest BCUT2D eigenvalue weighted by molar-refractivity contribution is 7.07. The van der Waals surface area contributed by atoms with E-state index in [-0.39, 0.29) is 11.5 Å². The number of anilines is 1. The Morgan fingerprint density at radius 1 is 0.909 bits per heavy atom. The van der Waals surface area contributed by atoms with E-state index in [2.05, 4.69) is 36.5 Å². The minimum atomic E-state index is -0.666. The van der Waals surface area contributed by atoms with Crippen molar-refractivity contribution >= 4 is 29.0 Å². The molecular weight excluding hydrogens is 570 g/mol. The van der Waals surface area contributed by atoms with Crippen LogP contribution in [0.25, 0.3) is 6.08 Å². The summed E-state index contributed by atoms with van der Waals surface area (Å²) >= 11 is 1.30. The predicted molar refractivity (Wildman–Crippen MR) is 174 cm³/mol. The van der Waals surface area contributed by atoms with E-state index in [0.717, 1.165) is 22.4 Å². The molecule has 0 saturated heterocycles. The minimum absolute atomic E-state index is 0.216. The van der Waals surface area contributed by atoms with E-state index < -0.39 is 6.04 Å². The van der Waals surface area contributed by atoms with E-state index >= 15 is 0 Å². The van der Waals surface area contributed by atoms with Crippen molar-refractivity contribution in [2.75, 3.05) is 12.4 Å². The second-order valence-electron chi connectivity index (χ2n) is 10.5. The fourth-order valence-corrected chi connectivity index (χ4v) is 6.14. The third kappa shape index (κ3) is 6.11. The first kappa shape index (κ1) is 28.9. The van der Waals surface area contributed by atoms with E-state index in [4.69, 9.17) is 14.5 Å². The molecule has 0 spiro atoms. The molecule has 1 aliphatic rings. The third-order valence-corrected chi connectivity index (χ3v) is 8.42. The number of thiazole rings is 1. The molecule has 44 heavy (non-hydrogen) atoms. The summed E-state index contributed by atoms with van der Waals surface area (Å²) in [5.41, 5.74) is 5.36. The van der Waals surface area contributed by atoms with Gasteiger partial charge >= 0.3 is 0 Å². The van der Waals surface area contributed by atoms with E-state index in [0.29, 0.717) is 38.6 Å². The van der Waals surface area contributed by atoms with E-state index in [1.807, 2.05) is 91.9 Å². The number of ether oxygens (including phenoxy) is 2. The summed E-state index contributed by atoms with van der Waals surface area (Å²) in [5, 5.41) is 2.98. The van der Waals surface area contributed by atoms with Gasteiger partial charge < -0.3 is 14.8 Å². The SMILES string of the molecule is COc1ccc([C@H]2C(C(=O)Nc3ccccc3)=C(C)N=c3s/c(=C/c4ccc(OCc5ccc(C)cc5)cc4)c(=O)n32)cc1. The van der Waals surface area contributed by atoms with Crippen LogP contribution in [0, 0.1) is 6.92 Å². The zero-order chi connectivity index (χ0) is 30.6. The molecular formula is C36H31N3O4S. The van der Waals surface area contributed by atoms with Crippen LogP contribution in [0.4, 0.5) is 5.69 Å². The van der Waals surface area contributed by atoms with Crippen LogP contribution in [-0.2, 0) is 11.4 Å². The molecule has 0 aliphatic carbocycles. The lowest BCUT2D eigenvalue weighted by molar-refractivity contribution is -0.113. The number of methoxy groups -OCH3 is 1. The number of nitrogens with zero attached hydrogens (tertiary/aromatic N) is 2. The number of nitrogens with one attached hydrogen (secondary N) is 1. The lowest BCUT2D eigenvalue weighted by Gasteiger charge is -2.25. The van der Waals surface area contributed by atoms with Crippen LogP contribution in [0.1, 0.15) is 35.2 Å². The van der Waals surface area contributed by atoms with Gasteiger partial charge in [-0.05, 0) is 73.0 Å². The molecule has 8 heteroatoms. The highest BCUT2D eigenvalue weighted by Crippen LogP contribution is 2.31. The van der Waals surface area contributed by atoms with Crippen LogP contribution in [0.15, 0.2) is 124 Å². The van der Waals surface area contributed by atoms with Crippen molar-refractivity contribution in [3.8, 4) is 11.5 Å². The Kier molecular flexibility index (Phi) is 8.25. The molecule has 1 aromatic heterocycles. The summed E-state index contributed by atoms with van der Waals surface area (Å²) in [6.07, 6.45) is 1.85. The highest BCUT2D eigenvalue weighted by Gasteiger charge is 2.32. The molecule has 1 atom stereocenters. The maximum absolute atomic E-state index is 14.0. The molecule has 1 N–H and O–H groups in total. The van der Waals surface area contributed by atoms with Crippen LogP contribution in [0.5, 0.6) is 11.5 Å². The Bertz CT molecular complexity index is 2010. The zero-order valence-electron chi connectivity index (χ0n) is 24.6. The summed E-state index contributed by atoms with van der Waals surface area (Å²) in [7, 11) is 1.60. The number of carbonyl (C=O) groups excluding carboxylic acids is 1. The van der Waals surface area contributed by atoms with Crippen LogP contribution in [0.3, 0.4) is 0 Å². The molecule has 0 unspecified atom stereocenters. The fraction of sp³-hybridized carbons (Fsp3) is 0.139. The van der Waals surface area contributed by atoms with Gasteiger partial charge in [-0.15, -0.1) is 0 Å². The summed E-state index contributed by atoms with van der Waals surface area (Å²) in [5.74, 6) is 1.12. The fourth-order valence-electron chi connectivity index (χ4n) is 5.10. The number of para-hydroxylation sites is 1. The van der Waals surface area contributed by atoms with Gasteiger partial charge in [0.05, 0.1) is 29.0 Å². The number of benzene rings is 4. The number of rotatable bonds is 8. The van der Waals surface area contributed by atoms with Gasteiger partial charge in [0.1, 0.15) is 18.1 Å². The quantitative estimate of drug-likeness (QED) is 0.245. The van der Waals surface area contributed by atoms with Gasteiger partial charge in [-0.25, -0.2) is 4.99 Å². The number of aryl methyl sites for hydroxylation is 1. The third-order valence-electron chi connectivity index (χ3n) is 7.43. The van der Waals surface area contributed by atoms with Gasteiger partial charge in [0.15, 0.2) is 4.80 Å². The van der Waals surface area contributed by atoms with Gasteiger partial charge in [0.25, 0.3) is 11.5 Å². The summed E-state index contributed by atoms with van der Waals surface area (Å²) in [6.45, 7) is 4.34. The first-order chi connectivity index (χ1) is 21.4. The normalized spacial score (nSPS) is 14.5. The summed E-state index contributed by atoms with van der Waals surface area (Å²) in [4.78, 5) is 33.0. The lowest BCUT2D eigenvalue weighted by atomic mass is 9.95. The molecule has 0 fully saturated rings. The van der Waals surface area contributed by atoms with Gasteiger partial charge in [-0.1, -0.05) is 83.6 Å². The molecule has 220 valence electrons. The molecule has 7 nitrogen and oxygen atoms in total. The number of fused-ring (bicyclic) bond motifs is 1. The average molecular weight is 602 g/mol. The zero-order valence-corrected chi connectivity index (χ0v) is 25.4. The van der Waals surface area contributed by atoms with E-state index in [9.17, 15) is 9.59 Å². The van der Waals surface area contributed by atoms with Crippen molar-refractivity contribution in [1.29, 1.82) is 0 Å². The number of aromatic nitrogens is 1. The first-order valence-electron chi connectivity index (χ1n) is 14.2. The lowest BCUT2D eigenvalue weighted by Crippen LogP contribution is -2.40. The Morgan fingerprint density at radius 3 is 2.27 bits per heavy atom. The van der Waals surface area contributed by atoms with Crippen molar-refractivity contribution in [3.05, 3.63) is 156 Å². The maximum Gasteiger partial charge on any atom is 0.271 e. The number of allylic oxidation sites excluding steroid dienone is 1. The standard InChI is InChI=1S/C36H31N3O4S/c1-23-9-11-26(12-10-23)22-43-30-17-13-25(14-18-30)21-31-35(41)39-33(27-15-19-29(42-3)20-16-27)32(24(2)37-36(39)44-31)34(40)38-28-7-5-4-6-8-28/h4-21,33H,22H2,1-3H3,(H,38,40)/b31-21+/t33-/m0/s1. The first-order valence-corrected chi connectivity index (χ1v) is 15.0. The van der Waals surface area contributed by atoms with E-state index in [1.165, 1.54) is 16.9 Å². The van der Waals surface area contributed by atoms with Crippen LogP contribution in [0.2, 0.25) is 0 Å². The molecule has 1 amide bonds. The molecule has 0 bridgehead atoms. The topological polar surface area (TPSA) is 81.9 Å². The summed E-state index contributed by atoms with van der Waals surface area (Å²) in [6, 6.07) is 31.9. The van der Waals surface area contributed by atoms with Crippen molar-refractivity contribution in [2.45, 2.75) is 26.5 Å². The molecule has 0 radical (unpaired) electrons. The second-order valence-corrected chi connectivity index (χ2v) is 11.5. The Morgan fingerprint density at radius 2 is 1.59 bits per heavy atom. The Labute approximate surface area is 259 Å². The molecule has 0 saturated carbocycles. The van der Waals surface area contributed by atoms with Crippen LogP contribution < -0.4 is 29.7 Å². The van der Waals surface area contributed by atoms with Crippen molar-refractivity contribution in [1.82, 2.24) is 4.57 Å². The largest absolute Gasteiger partial charge is 0.497 e. The second kappa shape index (κ2) is 12.6. The molecule has 5 aromatic rings. The number of hydrogen-bond donors (Lipinski definition) is 1. The molecule has 6 rings (SSSR count). The predicted octanol–water partition coefficient (Wildman–Crippen LogP) is 5.77. The van der Waals surface area contributed by atoms with Crippen molar-refractivity contribution < 1.29 is 14.3 Å². The Balaban J connectivity index is 1.34. The van der Waals surface area contributed by atoms with Crippen molar-refractivity contribution in [2.24, 2.45) is 4.99 Å². The number of hydrogen-bond acceptors (Lipinski definition) is 6. The van der Waals surface area contributed by atoms with E-state index in [1.54, 1.807) is 11.7 Å². The smallest absolute Gasteiger partial charge is 0.271 e. The van der Waals surface area contributed by atoms with Gasteiger partial charge in [-0.2, -0.15) is 0 Å². The molecule has 2 heterocycles. The highest BCUT2D eigenvalue weighted by atomic mass is 32.1. The minimum Gasteiger partial charge on any atom is -0.497 e. The number of carbonyl (C=O) groups is 1. The number of amides is 1. The summed E-state index contributed by atoms with van der Waals surface area (Å²) < 4.78 is 13.4. The van der Waals surface area contributed by atoms with Crippen LogP contribution in [-0.4, -0.2) is 17.6 Å². The van der Waals surface area contributed by atoms with Gasteiger partial charge in [-0.3, -0.25) is 14.2 Å². The molecule has 4 aromatic carbocycles. The maximum atomic E-state index is 14.0. The Hall–Kier alpha value is -5.21. The van der Waals surface area contributed by atoms with Crippen LogP contribution >= 0.6 is 11.3 Å². The van der Waals surface area contributed by atoms with Gasteiger partial charge in [0.2, 0.25) is 0 Å².